The summed E-state index contributed by atoms with van der Waals surface area (Å²) in [4.78, 5) is 0. The van der Waals surface area contributed by atoms with E-state index >= 15 is 0 Å². The zero-order valence-corrected chi connectivity index (χ0v) is 7.92. The van der Waals surface area contributed by atoms with E-state index in [1.807, 2.05) is 13.8 Å². The van der Waals surface area contributed by atoms with Gasteiger partial charge in [0.2, 0.25) is 0 Å². The van der Waals surface area contributed by atoms with Crippen molar-refractivity contribution in [2.24, 2.45) is 0 Å². The zero-order valence-electron chi connectivity index (χ0n) is 7.92. The summed E-state index contributed by atoms with van der Waals surface area (Å²) < 4.78 is 5.60. The van der Waals surface area contributed by atoms with Crippen molar-refractivity contribution >= 4 is 0 Å². The third-order valence-corrected chi connectivity index (χ3v) is 2.39. The molecule has 1 fully saturated rings. The first kappa shape index (κ1) is 9.50. The first-order valence-corrected chi connectivity index (χ1v) is 4.41. The van der Waals surface area contributed by atoms with Gasteiger partial charge in [0.05, 0.1) is 11.7 Å². The number of nitrogens with one attached hydrogen (secondary N) is 1. The van der Waals surface area contributed by atoms with Gasteiger partial charge in [-0.25, -0.2) is 0 Å². The monoisotopic (exact) mass is 168 g/mol. The highest BCUT2D eigenvalue weighted by molar-refractivity contribution is 4.98. The molecule has 2 atom stereocenters. The van der Waals surface area contributed by atoms with Gasteiger partial charge in [-0.3, -0.25) is 0 Å². The van der Waals surface area contributed by atoms with Crippen LogP contribution in [-0.2, 0) is 4.74 Å². The van der Waals surface area contributed by atoms with Gasteiger partial charge in [-0.1, -0.05) is 6.92 Å². The van der Waals surface area contributed by atoms with Crippen molar-refractivity contribution in [1.29, 1.82) is 5.26 Å². The van der Waals surface area contributed by atoms with Crippen LogP contribution in [-0.4, -0.2) is 24.3 Å². The molecule has 0 aromatic rings. The minimum atomic E-state index is -0.289. The largest absolute Gasteiger partial charge is 0.354 e. The number of hydrogen-bond donors (Lipinski definition) is 1. The van der Waals surface area contributed by atoms with Crippen LogP contribution in [0, 0.1) is 11.3 Å². The van der Waals surface area contributed by atoms with Gasteiger partial charge in [0, 0.05) is 12.6 Å². The first-order valence-electron chi connectivity index (χ1n) is 4.41. The fourth-order valence-electron chi connectivity index (χ4n) is 1.69. The molecule has 1 N–H and O–H groups in total. The molecule has 12 heavy (non-hydrogen) atoms. The fraction of sp³-hybridized carbons (Fsp3) is 0.889. The lowest BCUT2D eigenvalue weighted by Crippen LogP contribution is -2.57. The number of ether oxygens (including phenoxy) is 1. The Morgan fingerprint density at radius 2 is 2.33 bits per heavy atom. The molecule has 1 saturated heterocycles. The molecule has 3 nitrogen and oxygen atoms in total. The predicted octanol–water partition coefficient (Wildman–Crippen LogP) is 1.06. The minimum absolute atomic E-state index is 0.215. The molecule has 2 unspecified atom stereocenters. The van der Waals surface area contributed by atoms with Crippen molar-refractivity contribution in [3.8, 4) is 6.07 Å². The van der Waals surface area contributed by atoms with Crippen LogP contribution >= 0.6 is 0 Å². The predicted molar refractivity (Wildman–Crippen MR) is 46.6 cm³/mol. The lowest BCUT2D eigenvalue weighted by atomic mass is 9.94. The van der Waals surface area contributed by atoms with E-state index in [9.17, 15) is 0 Å². The average Bonchev–Trinajstić information content (AvgIpc) is 2.02. The summed E-state index contributed by atoms with van der Waals surface area (Å²) in [5, 5.41) is 12.0. The second-order valence-electron chi connectivity index (χ2n) is 3.71. The summed E-state index contributed by atoms with van der Waals surface area (Å²) in [5.74, 6) is 0. The van der Waals surface area contributed by atoms with Gasteiger partial charge in [-0.15, -0.1) is 0 Å². The van der Waals surface area contributed by atoms with E-state index in [1.54, 1.807) is 0 Å². The van der Waals surface area contributed by atoms with E-state index in [1.165, 1.54) is 0 Å². The molecule has 1 aliphatic heterocycles. The molecule has 68 valence electrons. The van der Waals surface area contributed by atoms with Crippen LogP contribution in [0.3, 0.4) is 0 Å². The average molecular weight is 168 g/mol. The third-order valence-electron chi connectivity index (χ3n) is 2.39. The molecule has 0 aliphatic carbocycles. The van der Waals surface area contributed by atoms with Crippen LogP contribution in [0.4, 0.5) is 0 Å². The van der Waals surface area contributed by atoms with Crippen LogP contribution in [0.25, 0.3) is 0 Å². The van der Waals surface area contributed by atoms with Crippen LogP contribution < -0.4 is 5.32 Å². The zero-order chi connectivity index (χ0) is 9.19. The lowest BCUT2D eigenvalue weighted by molar-refractivity contribution is -0.0998. The maximum absolute atomic E-state index is 8.67. The fourth-order valence-corrected chi connectivity index (χ4v) is 1.69. The van der Waals surface area contributed by atoms with Gasteiger partial charge >= 0.3 is 0 Å². The topological polar surface area (TPSA) is 45.0 Å². The Morgan fingerprint density at radius 3 is 2.75 bits per heavy atom. The quantitative estimate of drug-likeness (QED) is 0.636. The normalized spacial score (nSPS) is 34.2. The van der Waals surface area contributed by atoms with Gasteiger partial charge in [0.1, 0.15) is 0 Å². The Bertz CT molecular complexity index is 195. The minimum Gasteiger partial charge on any atom is -0.354 e. The van der Waals surface area contributed by atoms with E-state index in [2.05, 4.69) is 18.3 Å². The van der Waals surface area contributed by atoms with E-state index in [4.69, 9.17) is 10.00 Å². The summed E-state index contributed by atoms with van der Waals surface area (Å²) in [5.41, 5.74) is -0.215. The maximum atomic E-state index is 8.67. The highest BCUT2D eigenvalue weighted by atomic mass is 16.5. The van der Waals surface area contributed by atoms with Crippen LogP contribution in [0.5, 0.6) is 0 Å². The molecule has 0 bridgehead atoms. The van der Waals surface area contributed by atoms with Crippen LogP contribution in [0.15, 0.2) is 0 Å². The Labute approximate surface area is 73.7 Å². The Balaban J connectivity index is 2.62. The highest BCUT2D eigenvalue weighted by Gasteiger charge is 2.36. The third kappa shape index (κ3) is 1.77. The van der Waals surface area contributed by atoms with Gasteiger partial charge in [0.15, 0.2) is 6.10 Å². The van der Waals surface area contributed by atoms with Crippen molar-refractivity contribution in [3.05, 3.63) is 0 Å². The number of nitriles is 1. The number of rotatable bonds is 1. The van der Waals surface area contributed by atoms with Crippen molar-refractivity contribution in [1.82, 2.24) is 5.32 Å². The van der Waals surface area contributed by atoms with E-state index in [0.717, 1.165) is 6.42 Å². The molecule has 0 amide bonds. The lowest BCUT2D eigenvalue weighted by Gasteiger charge is -2.41. The van der Waals surface area contributed by atoms with Gasteiger partial charge in [0.25, 0.3) is 0 Å². The summed E-state index contributed by atoms with van der Waals surface area (Å²) in [7, 11) is 0. The summed E-state index contributed by atoms with van der Waals surface area (Å²) in [6, 6.07) is 2.48. The molecular weight excluding hydrogens is 152 g/mol. The maximum Gasteiger partial charge on any atom is 0.157 e. The van der Waals surface area contributed by atoms with Crippen molar-refractivity contribution < 1.29 is 4.74 Å². The van der Waals surface area contributed by atoms with Crippen molar-refractivity contribution in [2.75, 3.05) is 6.54 Å². The SMILES string of the molecule is CCC1NCC(C#N)OC1(C)C. The number of nitrogens with zero attached hydrogens (tertiary/aromatic N) is 1. The van der Waals surface area contributed by atoms with Crippen molar-refractivity contribution in [3.63, 3.8) is 0 Å². The highest BCUT2D eigenvalue weighted by Crippen LogP contribution is 2.22. The van der Waals surface area contributed by atoms with Crippen LogP contribution in [0.2, 0.25) is 0 Å². The van der Waals surface area contributed by atoms with Crippen molar-refractivity contribution in [2.45, 2.75) is 44.9 Å². The number of morpholine rings is 1. The Hall–Kier alpha value is -0.590. The smallest absolute Gasteiger partial charge is 0.157 e. The number of hydrogen-bond acceptors (Lipinski definition) is 3. The standard InChI is InChI=1S/C9H16N2O/c1-4-8-9(2,3)12-7(5-10)6-11-8/h7-8,11H,4,6H2,1-3H3. The molecule has 0 saturated carbocycles. The van der Waals surface area contributed by atoms with E-state index < -0.39 is 0 Å². The molecule has 0 aromatic carbocycles. The molecule has 3 heteroatoms. The molecule has 0 radical (unpaired) electrons. The molecule has 1 aliphatic rings. The molecule has 1 rings (SSSR count). The summed E-state index contributed by atoms with van der Waals surface area (Å²) in [6.45, 7) is 6.82. The summed E-state index contributed by atoms with van der Waals surface area (Å²) >= 11 is 0. The van der Waals surface area contributed by atoms with Gasteiger partial charge in [-0.05, 0) is 20.3 Å². The van der Waals surface area contributed by atoms with Gasteiger partial charge < -0.3 is 10.1 Å². The second kappa shape index (κ2) is 3.42. The molecule has 0 aromatic heterocycles. The second-order valence-corrected chi connectivity index (χ2v) is 3.71. The van der Waals surface area contributed by atoms with E-state index in [0.29, 0.717) is 12.6 Å². The molecular formula is C9H16N2O. The first-order chi connectivity index (χ1) is 5.60. The summed E-state index contributed by atoms with van der Waals surface area (Å²) in [6.07, 6.45) is 0.744. The molecule has 0 spiro atoms. The van der Waals surface area contributed by atoms with E-state index in [-0.39, 0.29) is 11.7 Å². The molecule has 1 heterocycles. The Morgan fingerprint density at radius 1 is 1.67 bits per heavy atom. The van der Waals surface area contributed by atoms with Gasteiger partial charge in [-0.2, -0.15) is 5.26 Å². The van der Waals surface area contributed by atoms with Crippen LogP contribution in [0.1, 0.15) is 27.2 Å². The Kier molecular flexibility index (Phi) is 2.71.